The monoisotopic (exact) mass is 340 g/mol. The summed E-state index contributed by atoms with van der Waals surface area (Å²) < 4.78 is 11.4. The maximum atomic E-state index is 13.3. The Morgan fingerprint density at radius 3 is 2.92 bits per heavy atom. The number of nitrogens with zero attached hydrogens (tertiary/aromatic N) is 1. The van der Waals surface area contributed by atoms with Crippen LogP contribution in [0.4, 0.5) is 5.69 Å². The van der Waals surface area contributed by atoms with Crippen LogP contribution in [0.2, 0.25) is 0 Å². The van der Waals surface area contributed by atoms with Crippen molar-refractivity contribution in [1.82, 2.24) is 0 Å². The van der Waals surface area contributed by atoms with Crippen LogP contribution in [0.3, 0.4) is 0 Å². The topological polar surface area (TPSA) is 78.9 Å². The third-order valence-corrected chi connectivity index (χ3v) is 5.43. The third-order valence-electron chi connectivity index (χ3n) is 5.43. The molecule has 1 aromatic carbocycles. The van der Waals surface area contributed by atoms with E-state index in [9.17, 15) is 14.7 Å². The Morgan fingerprint density at radius 2 is 2.24 bits per heavy atom. The third kappa shape index (κ3) is 1.94. The van der Waals surface area contributed by atoms with Crippen LogP contribution in [0, 0.1) is 11.8 Å². The van der Waals surface area contributed by atoms with E-state index in [4.69, 9.17) is 9.47 Å². The highest BCUT2D eigenvalue weighted by Gasteiger charge is 2.69. The molecule has 0 radical (unpaired) electrons. The maximum Gasteiger partial charge on any atom is 0.234 e. The minimum absolute atomic E-state index is 0.280. The van der Waals surface area contributed by atoms with Crippen LogP contribution in [0.15, 0.2) is 49.1 Å². The molecule has 6 nitrogen and oxygen atoms in total. The largest absolute Gasteiger partial charge is 0.550 e. The number of fused-ring (bicyclic) bond motifs is 1. The van der Waals surface area contributed by atoms with Gasteiger partial charge < -0.3 is 24.3 Å². The van der Waals surface area contributed by atoms with Crippen molar-refractivity contribution in [2.75, 3.05) is 12.0 Å². The molecule has 0 aliphatic carbocycles. The quantitative estimate of drug-likeness (QED) is 0.737. The number of anilines is 1. The summed E-state index contributed by atoms with van der Waals surface area (Å²) in [5.41, 5.74) is -0.371. The van der Waals surface area contributed by atoms with Crippen molar-refractivity contribution in [2.45, 2.75) is 24.2 Å². The number of amides is 1. The van der Waals surface area contributed by atoms with Crippen LogP contribution in [0.5, 0.6) is 5.75 Å². The molecule has 1 spiro atoms. The van der Waals surface area contributed by atoms with Crippen LogP contribution in [-0.4, -0.2) is 36.7 Å². The lowest BCUT2D eigenvalue weighted by Gasteiger charge is -2.33. The molecule has 130 valence electrons. The minimum Gasteiger partial charge on any atom is -0.550 e. The number of carboxylic acids is 1. The first-order chi connectivity index (χ1) is 12.0. The van der Waals surface area contributed by atoms with Crippen molar-refractivity contribution in [2.24, 2.45) is 11.8 Å². The van der Waals surface area contributed by atoms with Gasteiger partial charge in [0.05, 0.1) is 30.9 Å². The van der Waals surface area contributed by atoms with E-state index >= 15 is 0 Å². The molecule has 1 amide bonds. The number of methoxy groups -OCH3 is 1. The molecule has 6 heteroatoms. The lowest BCUT2D eigenvalue weighted by atomic mass is 9.74. The molecule has 0 unspecified atom stereocenters. The SMILES string of the molecule is C=CC[C@H]1N(c2ccccc2OC)C(=O)[C@H]2[C@@H](C(=O)[O-])[C@H]3C=C[C@]21O3. The molecule has 25 heavy (non-hydrogen) atoms. The summed E-state index contributed by atoms with van der Waals surface area (Å²) in [6.45, 7) is 3.79. The fourth-order valence-corrected chi connectivity index (χ4v) is 4.48. The van der Waals surface area contributed by atoms with Gasteiger partial charge in [-0.2, -0.15) is 0 Å². The highest BCUT2D eigenvalue weighted by atomic mass is 16.5. The Hall–Kier alpha value is -2.60. The van der Waals surface area contributed by atoms with Gasteiger partial charge in [0.1, 0.15) is 11.4 Å². The van der Waals surface area contributed by atoms with E-state index in [2.05, 4.69) is 6.58 Å². The smallest absolute Gasteiger partial charge is 0.234 e. The fraction of sp³-hybridized carbons (Fsp3) is 0.368. The molecule has 3 aliphatic heterocycles. The van der Waals surface area contributed by atoms with Crippen LogP contribution in [0.25, 0.3) is 0 Å². The molecule has 0 N–H and O–H groups in total. The number of carbonyl (C=O) groups is 2. The van der Waals surface area contributed by atoms with Crippen LogP contribution >= 0.6 is 0 Å². The van der Waals surface area contributed by atoms with Gasteiger partial charge in [-0.05, 0) is 18.6 Å². The van der Waals surface area contributed by atoms with Gasteiger partial charge in [-0.3, -0.25) is 4.79 Å². The molecular weight excluding hydrogens is 322 g/mol. The van der Waals surface area contributed by atoms with Crippen molar-refractivity contribution in [3.63, 3.8) is 0 Å². The van der Waals surface area contributed by atoms with Gasteiger partial charge in [-0.15, -0.1) is 6.58 Å². The van der Waals surface area contributed by atoms with Crippen LogP contribution < -0.4 is 14.7 Å². The molecule has 4 rings (SSSR count). The normalized spacial score (nSPS) is 35.1. The Kier molecular flexibility index (Phi) is 3.47. The summed E-state index contributed by atoms with van der Waals surface area (Å²) in [6.07, 6.45) is 5.13. The Morgan fingerprint density at radius 1 is 1.48 bits per heavy atom. The van der Waals surface area contributed by atoms with Crippen LogP contribution in [0.1, 0.15) is 6.42 Å². The number of hydrogen-bond donors (Lipinski definition) is 0. The van der Waals surface area contributed by atoms with Crippen molar-refractivity contribution >= 4 is 17.6 Å². The first-order valence-electron chi connectivity index (χ1n) is 8.20. The number of carbonyl (C=O) groups excluding carboxylic acids is 2. The number of ether oxygens (including phenoxy) is 2. The van der Waals surface area contributed by atoms with Crippen LogP contribution in [-0.2, 0) is 14.3 Å². The predicted molar refractivity (Wildman–Crippen MR) is 87.8 cm³/mol. The van der Waals surface area contributed by atoms with E-state index in [1.54, 1.807) is 29.2 Å². The second-order valence-electron chi connectivity index (χ2n) is 6.54. The molecule has 2 bridgehead atoms. The van der Waals surface area contributed by atoms with E-state index in [1.165, 1.54) is 7.11 Å². The predicted octanol–water partition coefficient (Wildman–Crippen LogP) is 0.676. The van der Waals surface area contributed by atoms with Gasteiger partial charge >= 0.3 is 0 Å². The van der Waals surface area contributed by atoms with Gasteiger partial charge in [-0.1, -0.05) is 30.4 Å². The Labute approximate surface area is 145 Å². The number of benzene rings is 1. The van der Waals surface area contributed by atoms with Gasteiger partial charge in [-0.25, -0.2) is 0 Å². The standard InChI is InChI=1S/C19H19NO5/c1-3-6-14-19-10-9-13(25-19)15(18(22)23)16(19)17(21)20(14)11-7-4-5-8-12(11)24-2/h3-5,7-10,13-16H,1,6H2,2H3,(H,22,23)/p-1/t13-,14-,15+,16-,19-/m1/s1. The molecule has 0 saturated carbocycles. The second-order valence-corrected chi connectivity index (χ2v) is 6.54. The zero-order valence-electron chi connectivity index (χ0n) is 13.8. The lowest BCUT2D eigenvalue weighted by Crippen LogP contribution is -2.46. The second kappa shape index (κ2) is 5.46. The van der Waals surface area contributed by atoms with Gasteiger partial charge in [0, 0.05) is 11.9 Å². The molecule has 2 fully saturated rings. The summed E-state index contributed by atoms with van der Waals surface area (Å²) >= 11 is 0. The van der Waals surface area contributed by atoms with Gasteiger partial charge in [0.15, 0.2) is 0 Å². The summed E-state index contributed by atoms with van der Waals surface area (Å²) in [4.78, 5) is 26.5. The summed E-state index contributed by atoms with van der Waals surface area (Å²) in [5.74, 6) is -2.78. The lowest BCUT2D eigenvalue weighted by molar-refractivity contribution is -0.313. The van der Waals surface area contributed by atoms with E-state index in [0.717, 1.165) is 0 Å². The minimum atomic E-state index is -1.26. The van der Waals surface area contributed by atoms with Crippen molar-refractivity contribution < 1.29 is 24.2 Å². The average molecular weight is 340 g/mol. The zero-order chi connectivity index (χ0) is 17.8. The summed E-state index contributed by atoms with van der Waals surface area (Å²) in [6, 6.07) is 6.80. The molecule has 1 aromatic rings. The van der Waals surface area contributed by atoms with E-state index in [1.807, 2.05) is 18.2 Å². The first kappa shape index (κ1) is 15.9. The Balaban J connectivity index is 1.87. The summed E-state index contributed by atoms with van der Waals surface area (Å²) in [5, 5.41) is 11.7. The molecular formula is C19H18NO5-. The highest BCUT2D eigenvalue weighted by Crippen LogP contribution is 2.57. The molecule has 3 aliphatic rings. The first-order valence-corrected chi connectivity index (χ1v) is 8.20. The van der Waals surface area contributed by atoms with E-state index < -0.39 is 29.5 Å². The van der Waals surface area contributed by atoms with Crippen molar-refractivity contribution in [1.29, 1.82) is 0 Å². The maximum absolute atomic E-state index is 13.3. The highest BCUT2D eigenvalue weighted by molar-refractivity contribution is 6.04. The number of aliphatic carboxylic acids is 1. The molecule has 2 saturated heterocycles. The molecule has 5 atom stereocenters. The Bertz CT molecular complexity index is 788. The van der Waals surface area contributed by atoms with Crippen molar-refractivity contribution in [3.05, 3.63) is 49.1 Å². The number of carboxylic acid groups (broad SMARTS) is 1. The molecule has 0 aromatic heterocycles. The number of para-hydroxylation sites is 2. The zero-order valence-corrected chi connectivity index (χ0v) is 13.8. The van der Waals surface area contributed by atoms with E-state index in [-0.39, 0.29) is 11.9 Å². The van der Waals surface area contributed by atoms with Gasteiger partial charge in [0.25, 0.3) is 0 Å². The van der Waals surface area contributed by atoms with Gasteiger partial charge in [0.2, 0.25) is 5.91 Å². The number of rotatable bonds is 5. The number of hydrogen-bond acceptors (Lipinski definition) is 5. The average Bonchev–Trinajstić information content (AvgIpc) is 3.24. The van der Waals surface area contributed by atoms with Crippen molar-refractivity contribution in [3.8, 4) is 5.75 Å². The summed E-state index contributed by atoms with van der Waals surface area (Å²) in [7, 11) is 1.53. The van der Waals surface area contributed by atoms with E-state index in [0.29, 0.717) is 17.9 Å². The fourth-order valence-electron chi connectivity index (χ4n) is 4.48. The molecule has 3 heterocycles.